The van der Waals surface area contributed by atoms with Crippen molar-refractivity contribution in [1.82, 2.24) is 4.90 Å². The molecule has 0 unspecified atom stereocenters. The van der Waals surface area contributed by atoms with Gasteiger partial charge in [0, 0.05) is 0 Å². The Balaban J connectivity index is 1.96. The van der Waals surface area contributed by atoms with Gasteiger partial charge in [-0.2, -0.15) is 0 Å². The first-order valence-electron chi connectivity index (χ1n) is 4.38. The highest BCUT2D eigenvalue weighted by Gasteiger charge is 2.21. The third-order valence-electron chi connectivity index (χ3n) is 2.33. The average Bonchev–Trinajstić information content (AvgIpc) is 1.80. The van der Waals surface area contributed by atoms with Gasteiger partial charge in [-0.05, 0) is 47.8 Å². The molecule has 1 nitrogen and oxygen atoms in total. The summed E-state index contributed by atoms with van der Waals surface area (Å²) in [6, 6.07) is 4.51. The van der Waals surface area contributed by atoms with Crippen LogP contribution in [0.25, 0.3) is 0 Å². The van der Waals surface area contributed by atoms with E-state index in [1.54, 1.807) is 0 Å². The topological polar surface area (TPSA) is 3.24 Å². The summed E-state index contributed by atoms with van der Waals surface area (Å²) in [5.74, 6) is 0. The van der Waals surface area contributed by atoms with Crippen LogP contribution in [0.4, 0.5) is 0 Å². The molecular weight excluding hydrogens is 181 g/mol. The Morgan fingerprint density at radius 1 is 0.818 bits per heavy atom. The number of hydrogen-bond acceptors (Lipinski definition) is 1. The van der Waals surface area contributed by atoms with Gasteiger partial charge in [-0.25, -0.2) is 0 Å². The number of hydrogen-bond donors (Lipinski definition) is 0. The van der Waals surface area contributed by atoms with E-state index in [1.807, 2.05) is 0 Å². The van der Waals surface area contributed by atoms with Crippen molar-refractivity contribution in [3.05, 3.63) is 0 Å². The van der Waals surface area contributed by atoms with E-state index in [0.29, 0.717) is 0 Å². The van der Waals surface area contributed by atoms with Crippen molar-refractivity contribution in [3.8, 4) is 0 Å². The Labute approximate surface area is 76.7 Å². The van der Waals surface area contributed by atoms with Crippen LogP contribution in [0.1, 0.15) is 0 Å². The summed E-state index contributed by atoms with van der Waals surface area (Å²) in [7, 11) is 3.91. The highest BCUT2D eigenvalue weighted by Crippen LogP contribution is 2.06. The van der Waals surface area contributed by atoms with Gasteiger partial charge >= 0.3 is 0 Å². The molecular formula is C6H12BNSi3. The fourth-order valence-electron chi connectivity index (χ4n) is 1.65. The minimum absolute atomic E-state index is 1.18. The molecule has 0 spiro atoms. The standard InChI is InChI=1S/C6H12BNSi3/c1-4-9-7-10-5-2-8(1)3-6-11-7/h1-6H2. The Morgan fingerprint density at radius 2 is 1.27 bits per heavy atom. The molecule has 3 rings (SSSR count). The minimum Gasteiger partial charge on any atom is -0.304 e. The molecule has 0 aromatic rings. The summed E-state index contributed by atoms with van der Waals surface area (Å²) in [5.41, 5.74) is 1.18. The van der Waals surface area contributed by atoms with Crippen LogP contribution in [-0.4, -0.2) is 58.2 Å². The molecule has 0 saturated carbocycles. The highest BCUT2D eigenvalue weighted by atomic mass is 28.3. The Kier molecular flexibility index (Phi) is 3.06. The van der Waals surface area contributed by atoms with Crippen LogP contribution in [0.5, 0.6) is 0 Å². The van der Waals surface area contributed by atoms with E-state index in [9.17, 15) is 0 Å². The van der Waals surface area contributed by atoms with Crippen LogP contribution >= 0.6 is 0 Å². The number of fused-ring (bicyclic) bond motifs is 6. The third-order valence-corrected chi connectivity index (χ3v) is 8.77. The molecule has 11 heavy (non-hydrogen) atoms. The maximum atomic E-state index is 2.68. The summed E-state index contributed by atoms with van der Waals surface area (Å²) < 4.78 is 0. The van der Waals surface area contributed by atoms with Gasteiger partial charge in [0.05, 0.1) is 0 Å². The molecule has 56 valence electrons. The summed E-state index contributed by atoms with van der Waals surface area (Å²) in [4.78, 5) is 2.68. The molecule has 0 N–H and O–H groups in total. The summed E-state index contributed by atoms with van der Waals surface area (Å²) >= 11 is 0. The van der Waals surface area contributed by atoms with Crippen LogP contribution in [0.2, 0.25) is 18.1 Å². The molecule has 0 atom stereocenters. The summed E-state index contributed by atoms with van der Waals surface area (Å²) in [6.07, 6.45) is 0. The van der Waals surface area contributed by atoms with Crippen molar-refractivity contribution in [1.29, 1.82) is 0 Å². The molecule has 3 aliphatic heterocycles. The van der Waals surface area contributed by atoms with Gasteiger partial charge in [0.2, 0.25) is 0 Å². The number of rotatable bonds is 0. The smallest absolute Gasteiger partial charge is 0.107 e. The molecule has 2 bridgehead atoms. The lowest BCUT2D eigenvalue weighted by Gasteiger charge is -2.29. The summed E-state index contributed by atoms with van der Waals surface area (Å²) in [5, 5.41) is 0. The fraction of sp³-hybridized carbons (Fsp3) is 1.00. The fourth-order valence-corrected chi connectivity index (χ4v) is 8.19. The van der Waals surface area contributed by atoms with Crippen molar-refractivity contribution >= 4 is 33.7 Å². The lowest BCUT2D eigenvalue weighted by atomic mass is 10.5. The molecule has 0 aromatic heterocycles. The van der Waals surface area contributed by atoms with Gasteiger partial charge in [-0.3, -0.25) is 0 Å². The molecule has 3 aliphatic rings. The molecule has 5 heteroatoms. The predicted molar refractivity (Wildman–Crippen MR) is 53.9 cm³/mol. The largest absolute Gasteiger partial charge is 0.304 e. The van der Waals surface area contributed by atoms with E-state index in [-0.39, 0.29) is 0 Å². The molecule has 0 aromatic carbocycles. The van der Waals surface area contributed by atoms with Crippen molar-refractivity contribution in [3.63, 3.8) is 0 Å². The quantitative estimate of drug-likeness (QED) is 0.476. The van der Waals surface area contributed by atoms with Crippen LogP contribution in [0.15, 0.2) is 0 Å². The van der Waals surface area contributed by atoms with E-state index in [4.69, 9.17) is 0 Å². The molecule has 6 radical (unpaired) electrons. The van der Waals surface area contributed by atoms with Crippen LogP contribution < -0.4 is 0 Å². The van der Waals surface area contributed by atoms with Crippen LogP contribution in [0, 0.1) is 0 Å². The van der Waals surface area contributed by atoms with Gasteiger partial charge in [-0.1, -0.05) is 18.1 Å². The molecule has 3 heterocycles. The first-order valence-corrected chi connectivity index (χ1v) is 8.23. The molecule has 0 amide bonds. The van der Waals surface area contributed by atoms with E-state index in [2.05, 4.69) is 4.90 Å². The van der Waals surface area contributed by atoms with Crippen molar-refractivity contribution in [2.75, 3.05) is 19.6 Å². The minimum atomic E-state index is 1.18. The van der Waals surface area contributed by atoms with Crippen LogP contribution in [0.3, 0.4) is 0 Å². The van der Waals surface area contributed by atoms with Gasteiger partial charge in [0.1, 0.15) is 5.49 Å². The molecule has 3 saturated heterocycles. The van der Waals surface area contributed by atoms with E-state index in [1.165, 1.54) is 71.4 Å². The van der Waals surface area contributed by atoms with Gasteiger partial charge in [-0.15, -0.1) is 0 Å². The Hall–Kier alpha value is 0.676. The molecule has 0 aliphatic carbocycles. The van der Waals surface area contributed by atoms with Gasteiger partial charge < -0.3 is 4.90 Å². The first kappa shape index (κ1) is 8.28. The molecule has 3 fully saturated rings. The maximum Gasteiger partial charge on any atom is 0.107 e. The normalized spacial score (nSPS) is 27.8. The second-order valence-electron chi connectivity index (χ2n) is 3.14. The Bertz CT molecular complexity index is 99.2. The van der Waals surface area contributed by atoms with Gasteiger partial charge in [0.15, 0.2) is 0 Å². The Morgan fingerprint density at radius 3 is 1.73 bits per heavy atom. The SMILES string of the molecule is C1CN2CC[Si]B([Si]1)[Si]CC2. The van der Waals surface area contributed by atoms with Crippen molar-refractivity contribution < 1.29 is 0 Å². The predicted octanol–water partition coefficient (Wildman–Crippen LogP) is -0.332. The zero-order valence-electron chi connectivity index (χ0n) is 6.77. The monoisotopic (exact) mass is 193 g/mol. The van der Waals surface area contributed by atoms with E-state index >= 15 is 0 Å². The summed E-state index contributed by atoms with van der Waals surface area (Å²) in [6.45, 7) is 4.22. The number of nitrogens with zero attached hydrogens (tertiary/aromatic N) is 1. The van der Waals surface area contributed by atoms with Gasteiger partial charge in [0.25, 0.3) is 0 Å². The van der Waals surface area contributed by atoms with Crippen molar-refractivity contribution in [2.45, 2.75) is 18.1 Å². The highest BCUT2D eigenvalue weighted by molar-refractivity contribution is 7.60. The average molecular weight is 193 g/mol. The van der Waals surface area contributed by atoms with Crippen molar-refractivity contribution in [2.24, 2.45) is 0 Å². The first-order chi connectivity index (χ1) is 5.45. The second kappa shape index (κ2) is 4.07. The lowest BCUT2D eigenvalue weighted by Crippen LogP contribution is -2.47. The van der Waals surface area contributed by atoms with E-state index in [0.717, 1.165) is 0 Å². The van der Waals surface area contributed by atoms with E-state index < -0.39 is 0 Å². The van der Waals surface area contributed by atoms with Crippen LogP contribution in [-0.2, 0) is 0 Å². The lowest BCUT2D eigenvalue weighted by molar-refractivity contribution is 0.320. The zero-order chi connectivity index (χ0) is 7.52. The second-order valence-corrected chi connectivity index (χ2v) is 9.33. The maximum absolute atomic E-state index is 2.68. The zero-order valence-corrected chi connectivity index (χ0v) is 9.77. The third kappa shape index (κ3) is 2.30.